The van der Waals surface area contributed by atoms with Crippen molar-refractivity contribution in [2.24, 2.45) is 0 Å². The average molecular weight is 656 g/mol. The molecule has 1 fully saturated rings. The third kappa shape index (κ3) is 6.97. The molecule has 0 radical (unpaired) electrons. The molecular formula is C35H31F2N5O4S. The van der Waals surface area contributed by atoms with E-state index in [-0.39, 0.29) is 31.2 Å². The number of halogens is 2. The van der Waals surface area contributed by atoms with E-state index in [0.717, 1.165) is 32.2 Å². The van der Waals surface area contributed by atoms with Crippen molar-refractivity contribution < 1.29 is 27.9 Å². The number of anilines is 1. The van der Waals surface area contributed by atoms with Crippen molar-refractivity contribution in [1.29, 1.82) is 0 Å². The largest absolute Gasteiger partial charge is 0.453 e. The molecule has 1 saturated heterocycles. The minimum absolute atomic E-state index is 0.0204. The van der Waals surface area contributed by atoms with Crippen molar-refractivity contribution in [3.63, 3.8) is 0 Å². The molecule has 1 aliphatic heterocycles. The first-order valence-electron chi connectivity index (χ1n) is 15.1. The van der Waals surface area contributed by atoms with Crippen molar-refractivity contribution in [3.8, 4) is 22.1 Å². The zero-order chi connectivity index (χ0) is 33.1. The molecule has 47 heavy (non-hydrogen) atoms. The van der Waals surface area contributed by atoms with Gasteiger partial charge in [-0.15, -0.1) is 11.3 Å². The van der Waals surface area contributed by atoms with E-state index < -0.39 is 23.6 Å². The Hall–Kier alpha value is -5.23. The van der Waals surface area contributed by atoms with E-state index in [1.54, 1.807) is 36.4 Å². The zero-order valence-corrected chi connectivity index (χ0v) is 26.6. The van der Waals surface area contributed by atoms with Crippen molar-refractivity contribution >= 4 is 45.1 Å². The lowest BCUT2D eigenvalue weighted by Gasteiger charge is -2.20. The fourth-order valence-corrected chi connectivity index (χ4v) is 6.42. The van der Waals surface area contributed by atoms with Crippen LogP contribution < -0.4 is 9.64 Å². The van der Waals surface area contributed by atoms with Gasteiger partial charge in [0, 0.05) is 57.3 Å². The van der Waals surface area contributed by atoms with Gasteiger partial charge in [0.1, 0.15) is 11.6 Å². The van der Waals surface area contributed by atoms with E-state index in [9.17, 15) is 18.8 Å². The number of amides is 4. The van der Waals surface area contributed by atoms with Gasteiger partial charge in [-0.25, -0.2) is 13.6 Å². The number of benzene rings is 2. The average Bonchev–Trinajstić information content (AvgIpc) is 3.67. The lowest BCUT2D eigenvalue weighted by Crippen LogP contribution is -2.37. The van der Waals surface area contributed by atoms with Crippen molar-refractivity contribution in [3.05, 3.63) is 102 Å². The topological polar surface area (TPSA) is 95.9 Å². The Morgan fingerprint density at radius 1 is 0.957 bits per heavy atom. The second-order valence-corrected chi connectivity index (χ2v) is 12.2. The Morgan fingerprint density at radius 2 is 1.74 bits per heavy atom. The highest BCUT2D eigenvalue weighted by Gasteiger charge is 2.34. The molecule has 6 rings (SSSR count). The Bertz CT molecular complexity index is 1950. The van der Waals surface area contributed by atoms with E-state index in [2.05, 4.69) is 9.97 Å². The van der Waals surface area contributed by atoms with Crippen molar-refractivity contribution in [2.45, 2.75) is 33.2 Å². The quantitative estimate of drug-likeness (QED) is 0.158. The number of carbonyl (C=O) groups is 3. The molecule has 0 atom stereocenters. The Morgan fingerprint density at radius 3 is 2.45 bits per heavy atom. The summed E-state index contributed by atoms with van der Waals surface area (Å²) in [4.78, 5) is 52.0. The van der Waals surface area contributed by atoms with Crippen LogP contribution in [-0.4, -0.2) is 57.2 Å². The molecule has 12 heteroatoms. The predicted octanol–water partition coefficient (Wildman–Crippen LogP) is 7.20. The summed E-state index contributed by atoms with van der Waals surface area (Å²) in [5, 5.41) is 0. The molecule has 1 aliphatic rings. The second-order valence-electron chi connectivity index (χ2n) is 11.1. The summed E-state index contributed by atoms with van der Waals surface area (Å²) in [6.45, 7) is 5.23. The molecule has 0 N–H and O–H groups in total. The van der Waals surface area contributed by atoms with Crippen LogP contribution in [0.1, 0.15) is 31.4 Å². The molecule has 4 amide bonds. The number of pyridine rings is 2. The fraction of sp³-hybridized carbons (Fsp3) is 0.229. The number of ether oxygens (including phenoxy) is 1. The Balaban J connectivity index is 1.13. The maximum absolute atomic E-state index is 15.3. The first kappa shape index (κ1) is 31.7. The number of hydrogen-bond acceptors (Lipinski definition) is 7. The summed E-state index contributed by atoms with van der Waals surface area (Å²) < 4.78 is 35.2. The number of imide groups is 1. The number of aromatic nitrogens is 2. The van der Waals surface area contributed by atoms with Crippen LogP contribution in [0, 0.1) is 11.6 Å². The van der Waals surface area contributed by atoms with Gasteiger partial charge in [-0.05, 0) is 66.1 Å². The van der Waals surface area contributed by atoms with Crippen LogP contribution in [0.2, 0.25) is 0 Å². The van der Waals surface area contributed by atoms with Crippen LogP contribution >= 0.6 is 11.3 Å². The predicted molar refractivity (Wildman–Crippen MR) is 175 cm³/mol. The number of nitrogens with zero attached hydrogens (tertiary/aromatic N) is 5. The fourth-order valence-electron chi connectivity index (χ4n) is 5.38. The van der Waals surface area contributed by atoms with Gasteiger partial charge in [-0.1, -0.05) is 19.1 Å². The number of fused-ring (bicyclic) bond motifs is 1. The molecule has 2 aromatic carbocycles. The maximum atomic E-state index is 15.3. The third-order valence-corrected chi connectivity index (χ3v) is 8.95. The highest BCUT2D eigenvalue weighted by Crippen LogP contribution is 2.39. The van der Waals surface area contributed by atoms with E-state index in [1.165, 1.54) is 52.6 Å². The first-order valence-corrected chi connectivity index (χ1v) is 15.9. The Labute approximate surface area is 274 Å². The molecule has 240 valence electrons. The van der Waals surface area contributed by atoms with Crippen LogP contribution in [0.5, 0.6) is 11.5 Å². The molecule has 0 spiro atoms. The van der Waals surface area contributed by atoms with E-state index in [1.807, 2.05) is 25.1 Å². The van der Waals surface area contributed by atoms with Crippen LogP contribution in [-0.2, 0) is 22.6 Å². The van der Waals surface area contributed by atoms with E-state index >= 15 is 4.39 Å². The smallest absolute Gasteiger partial charge is 0.331 e. The zero-order valence-electron chi connectivity index (χ0n) is 25.8. The maximum Gasteiger partial charge on any atom is 0.331 e. The minimum atomic E-state index is -0.655. The van der Waals surface area contributed by atoms with Gasteiger partial charge in [0.05, 0.1) is 27.2 Å². The highest BCUT2D eigenvalue weighted by atomic mass is 32.1. The first-order chi connectivity index (χ1) is 22.7. The van der Waals surface area contributed by atoms with Crippen LogP contribution in [0.3, 0.4) is 0 Å². The summed E-state index contributed by atoms with van der Waals surface area (Å²) in [5.41, 5.74) is 3.23. The summed E-state index contributed by atoms with van der Waals surface area (Å²) in [5.74, 6) is -1.12. The van der Waals surface area contributed by atoms with Gasteiger partial charge < -0.3 is 9.64 Å². The molecule has 0 bridgehead atoms. The van der Waals surface area contributed by atoms with Crippen molar-refractivity contribution in [1.82, 2.24) is 19.8 Å². The number of urea groups is 1. The number of carbonyl (C=O) groups excluding carboxylic acids is 3. The number of rotatable bonds is 10. The standard InChI is InChI=1S/C35H31F2N5O4S/c1-3-14-40(22(2)43)21-24-4-10-28(39-20-24)32-19-29-34(47-32)31(12-13-38-29)46-30-11-5-23(17-27(30)37)18-33(44)42-16-15-41(35(42)45)26-8-6-25(36)7-9-26/h4-13,17,19-20H,3,14-16,18,21H2,1-2H3. The lowest BCUT2D eigenvalue weighted by molar-refractivity contribution is -0.129. The van der Waals surface area contributed by atoms with Gasteiger partial charge in [0.2, 0.25) is 11.8 Å². The molecule has 0 aliphatic carbocycles. The second kappa shape index (κ2) is 13.6. The number of hydrogen-bond donors (Lipinski definition) is 0. The van der Waals surface area contributed by atoms with Gasteiger partial charge >= 0.3 is 6.03 Å². The monoisotopic (exact) mass is 655 g/mol. The van der Waals surface area contributed by atoms with E-state index in [4.69, 9.17) is 4.74 Å². The lowest BCUT2D eigenvalue weighted by atomic mass is 10.1. The van der Waals surface area contributed by atoms with Crippen LogP contribution in [0.15, 0.2) is 79.1 Å². The van der Waals surface area contributed by atoms with E-state index in [0.29, 0.717) is 35.6 Å². The van der Waals surface area contributed by atoms with Crippen LogP contribution in [0.25, 0.3) is 20.8 Å². The highest BCUT2D eigenvalue weighted by molar-refractivity contribution is 7.22. The Kier molecular flexibility index (Phi) is 9.21. The SMILES string of the molecule is CCCN(Cc1ccc(-c2cc3nccc(Oc4ccc(CC(=O)N5CCN(c6ccc(F)cc6)C5=O)cc4F)c3s2)nc1)C(C)=O. The minimum Gasteiger partial charge on any atom is -0.453 e. The molecular weight excluding hydrogens is 624 g/mol. The summed E-state index contributed by atoms with van der Waals surface area (Å²) in [6.07, 6.45) is 4.05. The van der Waals surface area contributed by atoms with Gasteiger partial charge in [-0.3, -0.25) is 29.4 Å². The summed E-state index contributed by atoms with van der Waals surface area (Å²) in [7, 11) is 0. The van der Waals surface area contributed by atoms with Crippen LogP contribution in [0.4, 0.5) is 19.3 Å². The van der Waals surface area contributed by atoms with Gasteiger partial charge in [-0.2, -0.15) is 0 Å². The molecule has 4 heterocycles. The third-order valence-electron chi connectivity index (χ3n) is 7.79. The van der Waals surface area contributed by atoms with Gasteiger partial charge in [0.25, 0.3) is 0 Å². The summed E-state index contributed by atoms with van der Waals surface area (Å²) in [6, 6.07) is 16.7. The molecule has 5 aromatic rings. The van der Waals surface area contributed by atoms with Crippen molar-refractivity contribution in [2.75, 3.05) is 24.5 Å². The summed E-state index contributed by atoms with van der Waals surface area (Å²) >= 11 is 1.42. The molecule has 3 aromatic heterocycles. The molecule has 0 saturated carbocycles. The van der Waals surface area contributed by atoms with Gasteiger partial charge in [0.15, 0.2) is 11.6 Å². The molecule has 9 nitrogen and oxygen atoms in total. The number of thiophene rings is 1. The molecule has 0 unspecified atom stereocenters. The normalized spacial score (nSPS) is 13.0.